The molecule has 2 saturated heterocycles. The second kappa shape index (κ2) is 6.33. The van der Waals surface area contributed by atoms with E-state index in [1.54, 1.807) is 0 Å². The van der Waals surface area contributed by atoms with Crippen molar-refractivity contribution in [3.63, 3.8) is 0 Å². The number of hydrogen-bond acceptors (Lipinski definition) is 4. The zero-order chi connectivity index (χ0) is 13.9. The third kappa shape index (κ3) is 4.01. The van der Waals surface area contributed by atoms with Gasteiger partial charge in [0, 0.05) is 50.6 Å². The molecule has 2 aliphatic heterocycles. The maximum atomic E-state index is 12.8. The predicted molar refractivity (Wildman–Crippen MR) is 78.3 cm³/mol. The standard InChI is InChI=1S/C15H29N3O/c1-15(2,12-18-9-6-16-7-10-18)14(19)13-5-4-8-17(3)11-13/h13,16H,4-12H2,1-3H3. The van der Waals surface area contributed by atoms with Crippen LogP contribution >= 0.6 is 0 Å². The molecular formula is C15H29N3O. The fourth-order valence-electron chi connectivity index (χ4n) is 3.44. The van der Waals surface area contributed by atoms with Crippen LogP contribution in [-0.2, 0) is 4.79 Å². The summed E-state index contributed by atoms with van der Waals surface area (Å²) in [6.07, 6.45) is 2.24. The van der Waals surface area contributed by atoms with Crippen molar-refractivity contribution in [2.75, 3.05) is 52.9 Å². The van der Waals surface area contributed by atoms with Gasteiger partial charge in [-0.05, 0) is 26.4 Å². The average Bonchev–Trinajstić information content (AvgIpc) is 2.38. The van der Waals surface area contributed by atoms with E-state index in [0.29, 0.717) is 5.78 Å². The molecule has 0 spiro atoms. The summed E-state index contributed by atoms with van der Waals surface area (Å²) in [4.78, 5) is 17.5. The quantitative estimate of drug-likeness (QED) is 0.818. The average molecular weight is 267 g/mol. The first kappa shape index (κ1) is 14.9. The largest absolute Gasteiger partial charge is 0.314 e. The van der Waals surface area contributed by atoms with E-state index in [1.807, 2.05) is 0 Å². The smallest absolute Gasteiger partial charge is 0.144 e. The normalized spacial score (nSPS) is 27.4. The summed E-state index contributed by atoms with van der Waals surface area (Å²) < 4.78 is 0. The molecule has 110 valence electrons. The van der Waals surface area contributed by atoms with Crippen LogP contribution in [0.3, 0.4) is 0 Å². The van der Waals surface area contributed by atoms with Crippen molar-refractivity contribution in [2.24, 2.45) is 11.3 Å². The lowest BCUT2D eigenvalue weighted by Crippen LogP contribution is -2.50. The number of ketones is 1. The van der Waals surface area contributed by atoms with Gasteiger partial charge in [0.05, 0.1) is 0 Å². The van der Waals surface area contributed by atoms with E-state index in [1.165, 1.54) is 0 Å². The minimum absolute atomic E-state index is 0.208. The zero-order valence-electron chi connectivity index (χ0n) is 12.7. The van der Waals surface area contributed by atoms with Crippen molar-refractivity contribution in [2.45, 2.75) is 26.7 Å². The highest BCUT2D eigenvalue weighted by molar-refractivity contribution is 5.86. The number of nitrogens with zero attached hydrogens (tertiary/aromatic N) is 2. The van der Waals surface area contributed by atoms with Crippen LogP contribution in [0.4, 0.5) is 0 Å². The minimum Gasteiger partial charge on any atom is -0.314 e. The van der Waals surface area contributed by atoms with Crippen LogP contribution < -0.4 is 5.32 Å². The van der Waals surface area contributed by atoms with E-state index in [4.69, 9.17) is 0 Å². The van der Waals surface area contributed by atoms with Gasteiger partial charge in [-0.1, -0.05) is 13.8 Å². The molecule has 0 aromatic rings. The molecule has 2 aliphatic rings. The van der Waals surface area contributed by atoms with Gasteiger partial charge < -0.3 is 10.2 Å². The molecule has 1 N–H and O–H groups in total. The number of rotatable bonds is 4. The minimum atomic E-state index is -0.208. The number of carbonyl (C=O) groups excluding carboxylic acids is 1. The summed E-state index contributed by atoms with van der Waals surface area (Å²) in [6, 6.07) is 0. The Bertz CT molecular complexity index is 311. The first-order valence-electron chi connectivity index (χ1n) is 7.65. The molecule has 19 heavy (non-hydrogen) atoms. The van der Waals surface area contributed by atoms with Crippen molar-refractivity contribution in [1.29, 1.82) is 0 Å². The Kier molecular flexibility index (Phi) is 4.98. The molecule has 2 rings (SSSR count). The first-order chi connectivity index (χ1) is 8.99. The molecule has 0 aromatic carbocycles. The second-order valence-corrected chi connectivity index (χ2v) is 6.88. The lowest BCUT2D eigenvalue weighted by Gasteiger charge is -2.38. The Labute approximate surface area is 117 Å². The molecule has 1 atom stereocenters. The third-order valence-electron chi connectivity index (χ3n) is 4.49. The number of piperazine rings is 1. The van der Waals surface area contributed by atoms with Gasteiger partial charge >= 0.3 is 0 Å². The Morgan fingerprint density at radius 2 is 1.95 bits per heavy atom. The molecule has 2 heterocycles. The summed E-state index contributed by atoms with van der Waals surface area (Å²) in [7, 11) is 2.13. The van der Waals surface area contributed by atoms with Gasteiger partial charge in [0.2, 0.25) is 0 Å². The van der Waals surface area contributed by atoms with Crippen molar-refractivity contribution >= 4 is 5.78 Å². The van der Waals surface area contributed by atoms with Crippen LogP contribution in [-0.4, -0.2) is 68.4 Å². The fraction of sp³-hybridized carbons (Fsp3) is 0.933. The van der Waals surface area contributed by atoms with E-state index in [9.17, 15) is 4.79 Å². The van der Waals surface area contributed by atoms with Crippen molar-refractivity contribution < 1.29 is 4.79 Å². The summed E-state index contributed by atoms with van der Waals surface area (Å²) >= 11 is 0. The number of nitrogens with one attached hydrogen (secondary N) is 1. The third-order valence-corrected chi connectivity index (χ3v) is 4.49. The SMILES string of the molecule is CN1CCCC(C(=O)C(C)(C)CN2CCNCC2)C1. The van der Waals surface area contributed by atoms with E-state index >= 15 is 0 Å². The van der Waals surface area contributed by atoms with E-state index in [2.05, 4.69) is 36.0 Å². The molecule has 0 bridgehead atoms. The Balaban J connectivity index is 1.91. The van der Waals surface area contributed by atoms with Gasteiger partial charge in [0.1, 0.15) is 5.78 Å². The molecule has 0 aromatic heterocycles. The molecule has 0 amide bonds. The fourth-order valence-corrected chi connectivity index (χ4v) is 3.44. The Morgan fingerprint density at radius 3 is 2.58 bits per heavy atom. The number of carbonyl (C=O) groups is 1. The maximum Gasteiger partial charge on any atom is 0.144 e. The van der Waals surface area contributed by atoms with Gasteiger partial charge in [-0.25, -0.2) is 0 Å². The highest BCUT2D eigenvalue weighted by Crippen LogP contribution is 2.28. The molecule has 0 radical (unpaired) electrons. The number of hydrogen-bond donors (Lipinski definition) is 1. The number of piperidine rings is 1. The molecule has 4 nitrogen and oxygen atoms in total. The Hall–Kier alpha value is -0.450. The van der Waals surface area contributed by atoms with Crippen LogP contribution in [0.2, 0.25) is 0 Å². The zero-order valence-corrected chi connectivity index (χ0v) is 12.7. The summed E-state index contributed by atoms with van der Waals surface area (Å²) in [5, 5.41) is 3.37. The van der Waals surface area contributed by atoms with Crippen LogP contribution in [0, 0.1) is 11.3 Å². The van der Waals surface area contributed by atoms with Crippen LogP contribution in [0.1, 0.15) is 26.7 Å². The first-order valence-corrected chi connectivity index (χ1v) is 7.65. The Morgan fingerprint density at radius 1 is 1.26 bits per heavy atom. The van der Waals surface area contributed by atoms with Crippen LogP contribution in [0.15, 0.2) is 0 Å². The van der Waals surface area contributed by atoms with Gasteiger partial charge in [0.25, 0.3) is 0 Å². The van der Waals surface area contributed by atoms with Crippen LogP contribution in [0.5, 0.6) is 0 Å². The highest BCUT2D eigenvalue weighted by Gasteiger charge is 2.36. The van der Waals surface area contributed by atoms with E-state index < -0.39 is 0 Å². The number of likely N-dealkylation sites (tertiary alicyclic amines) is 1. The predicted octanol–water partition coefficient (Wildman–Crippen LogP) is 0.829. The van der Waals surface area contributed by atoms with Gasteiger partial charge in [-0.15, -0.1) is 0 Å². The van der Waals surface area contributed by atoms with Gasteiger partial charge in [-0.3, -0.25) is 9.69 Å². The highest BCUT2D eigenvalue weighted by atomic mass is 16.1. The lowest BCUT2D eigenvalue weighted by molar-refractivity contribution is -0.134. The molecule has 0 saturated carbocycles. The molecular weight excluding hydrogens is 238 g/mol. The van der Waals surface area contributed by atoms with Gasteiger partial charge in [0.15, 0.2) is 0 Å². The monoisotopic (exact) mass is 267 g/mol. The maximum absolute atomic E-state index is 12.8. The van der Waals surface area contributed by atoms with Crippen LogP contribution in [0.25, 0.3) is 0 Å². The molecule has 2 fully saturated rings. The second-order valence-electron chi connectivity index (χ2n) is 6.88. The lowest BCUT2D eigenvalue weighted by atomic mass is 9.77. The van der Waals surface area contributed by atoms with Crippen molar-refractivity contribution in [3.8, 4) is 0 Å². The van der Waals surface area contributed by atoms with Gasteiger partial charge in [-0.2, -0.15) is 0 Å². The van der Waals surface area contributed by atoms with E-state index in [-0.39, 0.29) is 11.3 Å². The molecule has 4 heteroatoms. The summed E-state index contributed by atoms with van der Waals surface area (Å²) in [5.74, 6) is 0.717. The summed E-state index contributed by atoms with van der Waals surface area (Å²) in [5.41, 5.74) is -0.208. The topological polar surface area (TPSA) is 35.6 Å². The van der Waals surface area contributed by atoms with Crippen molar-refractivity contribution in [1.82, 2.24) is 15.1 Å². The van der Waals surface area contributed by atoms with Crippen molar-refractivity contribution in [3.05, 3.63) is 0 Å². The summed E-state index contributed by atoms with van der Waals surface area (Å²) in [6.45, 7) is 11.5. The van der Waals surface area contributed by atoms with E-state index in [0.717, 1.165) is 58.7 Å². The number of Topliss-reactive ketones (excluding diaryl/α,β-unsaturated/α-hetero) is 1. The molecule has 1 unspecified atom stereocenters. The molecule has 0 aliphatic carbocycles.